The highest BCUT2D eigenvalue weighted by Gasteiger charge is 2.30. The van der Waals surface area contributed by atoms with Gasteiger partial charge in [-0.2, -0.15) is 5.26 Å². The van der Waals surface area contributed by atoms with Crippen molar-refractivity contribution in [2.24, 2.45) is 5.92 Å². The zero-order chi connectivity index (χ0) is 20.7. The van der Waals surface area contributed by atoms with Crippen LogP contribution in [0.4, 0.5) is 11.6 Å². The number of hydrogen-bond acceptors (Lipinski definition) is 7. The SMILES string of the molecule is CNc1ncc(-c2nc3c(CC#N)cccc3o2)c2cc(NC(=O)C3CC3)ncc12. The van der Waals surface area contributed by atoms with Crippen LogP contribution in [0.25, 0.3) is 33.3 Å². The average Bonchev–Trinajstić information content (AvgIpc) is 3.52. The summed E-state index contributed by atoms with van der Waals surface area (Å²) in [6.07, 6.45) is 5.47. The quantitative estimate of drug-likeness (QED) is 0.524. The fraction of sp³-hybridized carbons (Fsp3) is 0.227. The van der Waals surface area contributed by atoms with Crippen molar-refractivity contribution in [1.82, 2.24) is 15.0 Å². The summed E-state index contributed by atoms with van der Waals surface area (Å²) < 4.78 is 6.00. The predicted molar refractivity (Wildman–Crippen MR) is 113 cm³/mol. The van der Waals surface area contributed by atoms with Gasteiger partial charge >= 0.3 is 0 Å². The molecule has 0 spiro atoms. The van der Waals surface area contributed by atoms with Crippen molar-refractivity contribution in [3.05, 3.63) is 42.2 Å². The Morgan fingerprint density at radius 3 is 2.90 bits per heavy atom. The molecule has 1 amide bonds. The molecule has 148 valence electrons. The second-order valence-electron chi connectivity index (χ2n) is 7.27. The lowest BCUT2D eigenvalue weighted by atomic mass is 10.1. The van der Waals surface area contributed by atoms with E-state index in [9.17, 15) is 4.79 Å². The Morgan fingerprint density at radius 2 is 2.13 bits per heavy atom. The van der Waals surface area contributed by atoms with Crippen molar-refractivity contribution < 1.29 is 9.21 Å². The normalized spacial score (nSPS) is 13.3. The number of para-hydroxylation sites is 1. The van der Waals surface area contributed by atoms with Crippen LogP contribution in [-0.4, -0.2) is 27.9 Å². The van der Waals surface area contributed by atoms with Crippen LogP contribution in [0.2, 0.25) is 0 Å². The highest BCUT2D eigenvalue weighted by atomic mass is 16.3. The zero-order valence-corrected chi connectivity index (χ0v) is 16.3. The van der Waals surface area contributed by atoms with Crippen LogP contribution in [0.15, 0.2) is 41.1 Å². The number of carbonyl (C=O) groups excluding carboxylic acids is 1. The fourth-order valence-electron chi connectivity index (χ4n) is 3.50. The molecule has 0 atom stereocenters. The van der Waals surface area contributed by atoms with Gasteiger partial charge in [0.2, 0.25) is 11.8 Å². The molecule has 30 heavy (non-hydrogen) atoms. The van der Waals surface area contributed by atoms with Gasteiger partial charge in [-0.05, 0) is 30.5 Å². The van der Waals surface area contributed by atoms with Crippen molar-refractivity contribution in [3.63, 3.8) is 0 Å². The molecule has 1 aliphatic carbocycles. The summed E-state index contributed by atoms with van der Waals surface area (Å²) in [5.41, 5.74) is 2.77. The second-order valence-corrected chi connectivity index (χ2v) is 7.27. The van der Waals surface area contributed by atoms with Gasteiger partial charge in [-0.15, -0.1) is 0 Å². The standard InChI is InChI=1S/C22H18N6O2/c1-24-20-15-10-25-18(27-21(29)13-5-6-13)9-14(15)16(11-26-20)22-28-19-12(7-8-23)3-2-4-17(19)30-22/h2-4,9-11,13H,5-7H2,1H3,(H,24,26)(H,25,27,29). The second kappa shape index (κ2) is 7.12. The van der Waals surface area contributed by atoms with Gasteiger partial charge in [0.05, 0.1) is 18.1 Å². The number of benzene rings is 1. The van der Waals surface area contributed by atoms with Gasteiger partial charge in [0.1, 0.15) is 17.2 Å². The van der Waals surface area contributed by atoms with Gasteiger partial charge in [0.25, 0.3) is 0 Å². The van der Waals surface area contributed by atoms with Gasteiger partial charge in [-0.1, -0.05) is 12.1 Å². The molecule has 4 aromatic rings. The molecular formula is C22H18N6O2. The van der Waals surface area contributed by atoms with E-state index in [-0.39, 0.29) is 18.2 Å². The summed E-state index contributed by atoms with van der Waals surface area (Å²) in [4.78, 5) is 25.7. The van der Waals surface area contributed by atoms with E-state index in [2.05, 4.69) is 31.7 Å². The first kappa shape index (κ1) is 18.1. The highest BCUT2D eigenvalue weighted by molar-refractivity contribution is 6.03. The number of aromatic nitrogens is 3. The molecule has 5 rings (SSSR count). The molecular weight excluding hydrogens is 380 g/mol. The Labute approximate surface area is 172 Å². The Balaban J connectivity index is 1.66. The number of nitriles is 1. The van der Waals surface area contributed by atoms with Gasteiger partial charge in [-0.25, -0.2) is 15.0 Å². The van der Waals surface area contributed by atoms with Crippen LogP contribution in [0.5, 0.6) is 0 Å². The Morgan fingerprint density at radius 1 is 1.27 bits per heavy atom. The minimum Gasteiger partial charge on any atom is -0.436 e. The zero-order valence-electron chi connectivity index (χ0n) is 16.3. The average molecular weight is 398 g/mol. The number of nitrogens with zero attached hydrogens (tertiary/aromatic N) is 4. The van der Waals surface area contributed by atoms with Crippen LogP contribution < -0.4 is 10.6 Å². The van der Waals surface area contributed by atoms with E-state index >= 15 is 0 Å². The smallest absolute Gasteiger partial charge is 0.229 e. The monoisotopic (exact) mass is 398 g/mol. The van der Waals surface area contributed by atoms with Crippen molar-refractivity contribution >= 4 is 39.4 Å². The van der Waals surface area contributed by atoms with Crippen molar-refractivity contribution in [3.8, 4) is 17.5 Å². The number of oxazole rings is 1. The van der Waals surface area contributed by atoms with Crippen LogP contribution in [0, 0.1) is 17.2 Å². The number of fused-ring (bicyclic) bond motifs is 2. The summed E-state index contributed by atoms with van der Waals surface area (Å²) in [6.45, 7) is 0. The Hall–Kier alpha value is -3.99. The van der Waals surface area contributed by atoms with Crippen LogP contribution in [-0.2, 0) is 11.2 Å². The first-order valence-corrected chi connectivity index (χ1v) is 9.71. The number of hydrogen-bond donors (Lipinski definition) is 2. The number of amides is 1. The summed E-state index contributed by atoms with van der Waals surface area (Å²) in [7, 11) is 1.79. The van der Waals surface area contributed by atoms with E-state index in [1.807, 2.05) is 24.3 Å². The molecule has 1 aromatic carbocycles. The molecule has 1 saturated carbocycles. The fourth-order valence-corrected chi connectivity index (χ4v) is 3.50. The molecule has 1 aliphatic rings. The molecule has 3 aromatic heterocycles. The lowest BCUT2D eigenvalue weighted by Gasteiger charge is -2.10. The van der Waals surface area contributed by atoms with Gasteiger partial charge in [-0.3, -0.25) is 4.79 Å². The summed E-state index contributed by atoms with van der Waals surface area (Å²) in [5.74, 6) is 1.64. The van der Waals surface area contributed by atoms with Gasteiger partial charge < -0.3 is 15.1 Å². The Bertz CT molecular complexity index is 1330. The highest BCUT2D eigenvalue weighted by Crippen LogP contribution is 2.35. The first-order valence-electron chi connectivity index (χ1n) is 9.71. The van der Waals surface area contributed by atoms with E-state index in [0.29, 0.717) is 34.2 Å². The maximum atomic E-state index is 12.2. The molecule has 0 unspecified atom stereocenters. The number of rotatable bonds is 5. The third-order valence-corrected chi connectivity index (χ3v) is 5.21. The Kier molecular flexibility index (Phi) is 4.29. The molecule has 3 heterocycles. The van der Waals surface area contributed by atoms with Crippen molar-refractivity contribution in [1.29, 1.82) is 5.26 Å². The third kappa shape index (κ3) is 3.10. The van der Waals surface area contributed by atoms with E-state index in [0.717, 1.165) is 29.2 Å². The third-order valence-electron chi connectivity index (χ3n) is 5.21. The molecule has 2 N–H and O–H groups in total. The topological polar surface area (TPSA) is 117 Å². The van der Waals surface area contributed by atoms with E-state index in [1.54, 1.807) is 19.4 Å². The number of carbonyl (C=O) groups is 1. The van der Waals surface area contributed by atoms with Crippen LogP contribution >= 0.6 is 0 Å². The molecule has 0 saturated heterocycles. The summed E-state index contributed by atoms with van der Waals surface area (Å²) in [5, 5.41) is 16.6. The van der Waals surface area contributed by atoms with Gasteiger partial charge in [0.15, 0.2) is 5.58 Å². The predicted octanol–water partition coefficient (Wildman–Crippen LogP) is 3.89. The van der Waals surface area contributed by atoms with Crippen LogP contribution in [0.3, 0.4) is 0 Å². The van der Waals surface area contributed by atoms with E-state index in [4.69, 9.17) is 9.68 Å². The summed E-state index contributed by atoms with van der Waals surface area (Å²) >= 11 is 0. The molecule has 0 radical (unpaired) electrons. The minimum absolute atomic E-state index is 0.00527. The molecule has 8 heteroatoms. The molecule has 0 bridgehead atoms. The first-order chi connectivity index (χ1) is 14.7. The van der Waals surface area contributed by atoms with Gasteiger partial charge in [0, 0.05) is 36.1 Å². The number of pyridine rings is 2. The molecule has 8 nitrogen and oxygen atoms in total. The minimum atomic E-state index is -0.00527. The molecule has 1 fully saturated rings. The maximum absolute atomic E-state index is 12.2. The maximum Gasteiger partial charge on any atom is 0.229 e. The van der Waals surface area contributed by atoms with E-state index in [1.165, 1.54) is 0 Å². The summed E-state index contributed by atoms with van der Waals surface area (Å²) in [6, 6.07) is 9.52. The van der Waals surface area contributed by atoms with Crippen LogP contribution in [0.1, 0.15) is 18.4 Å². The number of nitrogens with one attached hydrogen (secondary N) is 2. The largest absolute Gasteiger partial charge is 0.436 e. The lowest BCUT2D eigenvalue weighted by Crippen LogP contribution is -2.14. The number of anilines is 2. The van der Waals surface area contributed by atoms with E-state index < -0.39 is 0 Å². The molecule has 0 aliphatic heterocycles. The van der Waals surface area contributed by atoms with Crippen molar-refractivity contribution in [2.75, 3.05) is 17.7 Å². The van der Waals surface area contributed by atoms with Crippen molar-refractivity contribution in [2.45, 2.75) is 19.3 Å². The lowest BCUT2D eigenvalue weighted by molar-refractivity contribution is -0.117.